The highest BCUT2D eigenvalue weighted by Gasteiger charge is 2.33. The molecule has 5 heterocycles. The number of nitrogens with zero attached hydrogens (tertiary/aromatic N) is 5. The highest BCUT2D eigenvalue weighted by Crippen LogP contribution is 2.40. The second kappa shape index (κ2) is 11.3. The van der Waals surface area contributed by atoms with Gasteiger partial charge in [-0.1, -0.05) is 23.2 Å². The Morgan fingerprint density at radius 3 is 2.62 bits per heavy atom. The molecule has 13 heteroatoms. The maximum Gasteiger partial charge on any atom is 0.332 e. The van der Waals surface area contributed by atoms with Crippen molar-refractivity contribution in [3.63, 3.8) is 0 Å². The summed E-state index contributed by atoms with van der Waals surface area (Å²) in [5, 5.41) is 14.6. The van der Waals surface area contributed by atoms with Gasteiger partial charge < -0.3 is 9.88 Å². The van der Waals surface area contributed by atoms with Gasteiger partial charge in [0.05, 0.1) is 40.3 Å². The summed E-state index contributed by atoms with van der Waals surface area (Å²) in [6.45, 7) is 1.08. The fourth-order valence-electron chi connectivity index (χ4n) is 5.66. The molecule has 1 fully saturated rings. The molecule has 1 aliphatic rings. The number of hydrogen-bond acceptors (Lipinski definition) is 6. The van der Waals surface area contributed by atoms with Crippen molar-refractivity contribution in [1.29, 1.82) is 5.26 Å². The van der Waals surface area contributed by atoms with Crippen LogP contribution in [0, 0.1) is 16.7 Å². The summed E-state index contributed by atoms with van der Waals surface area (Å²) in [6, 6.07) is 13.0. The van der Waals surface area contributed by atoms with Gasteiger partial charge in [0.15, 0.2) is 0 Å². The van der Waals surface area contributed by atoms with Crippen LogP contribution in [0.15, 0.2) is 58.4 Å². The highest BCUT2D eigenvalue weighted by atomic mass is 35.5. The lowest BCUT2D eigenvalue weighted by atomic mass is 9.80. The van der Waals surface area contributed by atoms with Gasteiger partial charge in [0, 0.05) is 51.4 Å². The topological polar surface area (TPSA) is 97.6 Å². The van der Waals surface area contributed by atoms with Crippen LogP contribution in [0.5, 0.6) is 0 Å². The molecule has 216 valence electrons. The summed E-state index contributed by atoms with van der Waals surface area (Å²) in [5.74, 6) is 0. The van der Waals surface area contributed by atoms with Crippen LogP contribution in [-0.4, -0.2) is 38.2 Å². The molecule has 0 saturated carbocycles. The van der Waals surface area contributed by atoms with Crippen molar-refractivity contribution in [2.75, 3.05) is 13.1 Å². The van der Waals surface area contributed by atoms with E-state index in [0.29, 0.717) is 26.5 Å². The Morgan fingerprint density at radius 1 is 1.10 bits per heavy atom. The van der Waals surface area contributed by atoms with E-state index in [1.807, 2.05) is 30.5 Å². The molecule has 0 spiro atoms. The second-order valence-corrected chi connectivity index (χ2v) is 12.4. The Labute approximate surface area is 252 Å². The fraction of sp³-hybridized carbons (Fsp3) is 0.310. The first-order valence-corrected chi connectivity index (χ1v) is 14.8. The van der Waals surface area contributed by atoms with E-state index < -0.39 is 29.6 Å². The molecule has 0 aliphatic carbocycles. The molecule has 6 rings (SSSR count). The van der Waals surface area contributed by atoms with Crippen molar-refractivity contribution in [1.82, 2.24) is 24.0 Å². The Balaban J connectivity index is 1.45. The molecule has 4 aromatic heterocycles. The summed E-state index contributed by atoms with van der Waals surface area (Å²) in [7, 11) is 0. The maximum absolute atomic E-state index is 13.1. The molecule has 0 amide bonds. The summed E-state index contributed by atoms with van der Waals surface area (Å²) >= 11 is 13.8. The van der Waals surface area contributed by atoms with Crippen molar-refractivity contribution >= 4 is 55.7 Å². The van der Waals surface area contributed by atoms with Crippen LogP contribution >= 0.6 is 34.5 Å². The number of alkyl halides is 2. The van der Waals surface area contributed by atoms with Crippen LogP contribution < -0.4 is 16.6 Å². The number of piperidine rings is 1. The molecule has 0 radical (unpaired) electrons. The Morgan fingerprint density at radius 2 is 1.88 bits per heavy atom. The number of nitriles is 1. The van der Waals surface area contributed by atoms with Crippen LogP contribution in [0.25, 0.3) is 32.2 Å². The van der Waals surface area contributed by atoms with Gasteiger partial charge in [-0.2, -0.15) is 5.26 Å². The van der Waals surface area contributed by atoms with Crippen LogP contribution in [-0.2, 0) is 19.6 Å². The number of fused-ring (bicyclic) bond motifs is 2. The Kier molecular flexibility index (Phi) is 7.66. The minimum Gasteiger partial charge on any atom is -0.345 e. The molecule has 1 saturated heterocycles. The fourth-order valence-corrected chi connectivity index (χ4v) is 7.25. The van der Waals surface area contributed by atoms with E-state index >= 15 is 0 Å². The molecular formula is C29H24Cl2F2N6O2S. The molecule has 1 aromatic carbocycles. The third-order valence-corrected chi connectivity index (χ3v) is 9.39. The van der Waals surface area contributed by atoms with Gasteiger partial charge in [0.1, 0.15) is 5.15 Å². The lowest BCUT2D eigenvalue weighted by Gasteiger charge is -2.32. The average Bonchev–Trinajstić information content (AvgIpc) is 3.56. The zero-order valence-corrected chi connectivity index (χ0v) is 24.4. The number of halogens is 4. The molecule has 0 unspecified atom stereocenters. The molecule has 0 bridgehead atoms. The van der Waals surface area contributed by atoms with Gasteiger partial charge in [0.25, 0.3) is 12.0 Å². The van der Waals surface area contributed by atoms with Gasteiger partial charge in [-0.25, -0.2) is 13.6 Å². The van der Waals surface area contributed by atoms with Crippen molar-refractivity contribution < 1.29 is 8.78 Å². The van der Waals surface area contributed by atoms with E-state index in [9.17, 15) is 23.6 Å². The predicted octanol–water partition coefficient (Wildman–Crippen LogP) is 5.75. The van der Waals surface area contributed by atoms with Crippen molar-refractivity contribution in [3.05, 3.63) is 84.7 Å². The molecule has 5 aromatic rings. The number of benzene rings is 1. The molecule has 1 N–H and O–H groups in total. The average molecular weight is 630 g/mol. The zero-order valence-electron chi connectivity index (χ0n) is 22.1. The van der Waals surface area contributed by atoms with Gasteiger partial charge >= 0.3 is 5.69 Å². The monoisotopic (exact) mass is 628 g/mol. The van der Waals surface area contributed by atoms with E-state index in [4.69, 9.17) is 23.2 Å². The first kappa shape index (κ1) is 28.6. The first-order valence-electron chi connectivity index (χ1n) is 13.2. The lowest BCUT2D eigenvalue weighted by Crippen LogP contribution is -2.40. The van der Waals surface area contributed by atoms with E-state index in [-0.39, 0.29) is 11.7 Å². The van der Waals surface area contributed by atoms with Gasteiger partial charge in [0.2, 0.25) is 0 Å². The number of thiophene rings is 1. The van der Waals surface area contributed by atoms with E-state index in [1.54, 1.807) is 12.3 Å². The largest absolute Gasteiger partial charge is 0.345 e. The van der Waals surface area contributed by atoms with Gasteiger partial charge in [-0.05, 0) is 56.3 Å². The smallest absolute Gasteiger partial charge is 0.332 e. The quantitative estimate of drug-likeness (QED) is 0.231. The Bertz CT molecular complexity index is 1980. The highest BCUT2D eigenvalue weighted by molar-refractivity contribution is 7.19. The maximum atomic E-state index is 13.1. The number of pyridine rings is 1. The van der Waals surface area contributed by atoms with Gasteiger partial charge in [-0.15, -0.1) is 11.3 Å². The van der Waals surface area contributed by atoms with E-state index in [1.165, 1.54) is 11.3 Å². The Hall–Kier alpha value is -3.56. The number of rotatable bonds is 7. The summed E-state index contributed by atoms with van der Waals surface area (Å²) in [6.07, 6.45) is 2.36. The molecule has 1 aliphatic heterocycles. The molecule has 8 nitrogen and oxygen atoms in total. The minimum absolute atomic E-state index is 0.126. The van der Waals surface area contributed by atoms with E-state index in [0.717, 1.165) is 63.3 Å². The summed E-state index contributed by atoms with van der Waals surface area (Å²) < 4.78 is 30.6. The normalized spacial score (nSPS) is 15.0. The van der Waals surface area contributed by atoms with Crippen molar-refractivity contribution in [2.24, 2.45) is 5.41 Å². The predicted molar refractivity (Wildman–Crippen MR) is 161 cm³/mol. The third-order valence-electron chi connectivity index (χ3n) is 7.71. The third kappa shape index (κ3) is 5.24. The standard InChI is InChI=1S/C29H24Cl2F2N6O2S/c30-18-9-17-2-8-37(16-29(15-34)3-6-35-7-4-29)26(17)21(10-18)20-1-5-36-22-11-19(42-27(20)22)13-39-25(40)12-23(31)38(28(39)41)14-24(32)33/h1-2,5,8-12,24,35H,3-4,6-7,13-14,16H2. The summed E-state index contributed by atoms with van der Waals surface area (Å²) in [5.41, 5.74) is 1.25. The van der Waals surface area contributed by atoms with Crippen molar-refractivity contribution in [3.8, 4) is 17.2 Å². The SMILES string of the molecule is N#CC1(Cn2ccc3cc(Cl)cc(-c4ccnc5cc(Cn6c(=O)cc(Cl)n(CC(F)F)c6=O)sc45)c32)CCNCC1. The van der Waals surface area contributed by atoms with E-state index in [2.05, 4.69) is 20.9 Å². The summed E-state index contributed by atoms with van der Waals surface area (Å²) in [4.78, 5) is 30.7. The first-order chi connectivity index (χ1) is 20.2. The number of aromatic nitrogens is 4. The lowest BCUT2D eigenvalue weighted by molar-refractivity contribution is 0.124. The van der Waals surface area contributed by atoms with Crippen LogP contribution in [0.3, 0.4) is 0 Å². The molecule has 0 atom stereocenters. The number of nitrogens with one attached hydrogen (secondary N) is 1. The minimum atomic E-state index is -2.81. The number of hydrogen-bond donors (Lipinski definition) is 1. The van der Waals surface area contributed by atoms with Crippen molar-refractivity contribution in [2.45, 2.75) is 38.9 Å². The zero-order chi connectivity index (χ0) is 29.6. The molecular weight excluding hydrogens is 605 g/mol. The second-order valence-electron chi connectivity index (χ2n) is 10.4. The van der Waals surface area contributed by atoms with Gasteiger partial charge in [-0.3, -0.25) is 18.9 Å². The van der Waals surface area contributed by atoms with Crippen LogP contribution in [0.4, 0.5) is 8.78 Å². The molecule has 42 heavy (non-hydrogen) atoms. The van der Waals surface area contributed by atoms with Crippen LogP contribution in [0.2, 0.25) is 10.2 Å². The van der Waals surface area contributed by atoms with Crippen LogP contribution in [0.1, 0.15) is 17.7 Å².